The van der Waals surface area contributed by atoms with E-state index in [2.05, 4.69) is 33.2 Å². The third-order valence-corrected chi connectivity index (χ3v) is 4.11. The summed E-state index contributed by atoms with van der Waals surface area (Å²) in [7, 11) is 0. The summed E-state index contributed by atoms with van der Waals surface area (Å²) in [6.07, 6.45) is 0.356. The Bertz CT molecular complexity index is 631. The topological polar surface area (TPSA) is 64.9 Å². The van der Waals surface area contributed by atoms with E-state index in [1.165, 1.54) is 14.9 Å². The van der Waals surface area contributed by atoms with Gasteiger partial charge in [-0.15, -0.1) is 11.3 Å². The summed E-state index contributed by atoms with van der Waals surface area (Å²) in [5.74, 6) is -0.0954. The van der Waals surface area contributed by atoms with Gasteiger partial charge < -0.3 is 10.6 Å². The maximum absolute atomic E-state index is 11.8. The molecule has 0 spiro atoms. The molecule has 0 bridgehead atoms. The van der Waals surface area contributed by atoms with Crippen molar-refractivity contribution in [2.45, 2.75) is 6.42 Å². The molecule has 0 aliphatic rings. The number of rotatable bonds is 5. The number of anilines is 2. The van der Waals surface area contributed by atoms with Crippen molar-refractivity contribution in [3.8, 4) is 6.07 Å². The highest BCUT2D eigenvalue weighted by molar-refractivity contribution is 14.1. The van der Waals surface area contributed by atoms with Gasteiger partial charge in [0.2, 0.25) is 5.91 Å². The van der Waals surface area contributed by atoms with Gasteiger partial charge in [0.05, 0.1) is 5.56 Å². The molecule has 4 nitrogen and oxygen atoms in total. The first kappa shape index (κ1) is 14.8. The molecule has 1 heterocycles. The number of carbonyl (C=O) groups excluding carboxylic acids is 1. The third kappa shape index (κ3) is 4.21. The van der Waals surface area contributed by atoms with Crippen LogP contribution >= 0.6 is 33.9 Å². The molecular weight excluding hydrogens is 385 g/mol. The number of nitrogens with one attached hydrogen (secondary N) is 2. The van der Waals surface area contributed by atoms with Crippen molar-refractivity contribution < 1.29 is 4.79 Å². The molecule has 1 aromatic heterocycles. The van der Waals surface area contributed by atoms with Crippen LogP contribution in [0.2, 0.25) is 0 Å². The molecule has 20 heavy (non-hydrogen) atoms. The second-order valence-corrected chi connectivity index (χ2v) is 6.17. The van der Waals surface area contributed by atoms with Gasteiger partial charge in [0.25, 0.3) is 0 Å². The molecular formula is C14H12IN3OS. The van der Waals surface area contributed by atoms with Crippen LogP contribution in [-0.2, 0) is 4.79 Å². The summed E-state index contributed by atoms with van der Waals surface area (Å²) < 4.78 is 1.17. The van der Waals surface area contributed by atoms with E-state index >= 15 is 0 Å². The van der Waals surface area contributed by atoms with Crippen LogP contribution in [0.15, 0.2) is 35.7 Å². The monoisotopic (exact) mass is 397 g/mol. The van der Waals surface area contributed by atoms with Crippen LogP contribution in [0, 0.1) is 14.9 Å². The van der Waals surface area contributed by atoms with E-state index in [4.69, 9.17) is 5.26 Å². The number of hydrogen-bond donors (Lipinski definition) is 2. The molecule has 1 amide bonds. The summed E-state index contributed by atoms with van der Waals surface area (Å²) in [6, 6.07) is 11.7. The molecule has 2 N–H and O–H groups in total. The maximum Gasteiger partial charge on any atom is 0.226 e. The number of nitrogens with zero attached hydrogens (tertiary/aromatic N) is 1. The van der Waals surface area contributed by atoms with Crippen LogP contribution in [0.3, 0.4) is 0 Å². The molecule has 0 atom stereocenters. The minimum atomic E-state index is -0.0954. The van der Waals surface area contributed by atoms with Crippen LogP contribution in [0.4, 0.5) is 10.7 Å². The van der Waals surface area contributed by atoms with Crippen LogP contribution in [0.25, 0.3) is 0 Å². The zero-order chi connectivity index (χ0) is 14.4. The van der Waals surface area contributed by atoms with Crippen molar-refractivity contribution in [3.63, 3.8) is 0 Å². The highest BCUT2D eigenvalue weighted by atomic mass is 127. The highest BCUT2D eigenvalue weighted by Crippen LogP contribution is 2.22. The molecule has 2 rings (SSSR count). The highest BCUT2D eigenvalue weighted by Gasteiger charge is 2.07. The normalized spacial score (nSPS) is 9.80. The minimum absolute atomic E-state index is 0.0954. The summed E-state index contributed by atoms with van der Waals surface area (Å²) in [4.78, 5) is 11.8. The van der Waals surface area contributed by atoms with Gasteiger partial charge in [-0.1, -0.05) is 0 Å². The van der Waals surface area contributed by atoms with Crippen molar-refractivity contribution in [1.82, 2.24) is 0 Å². The quantitative estimate of drug-likeness (QED) is 0.757. The predicted octanol–water partition coefficient (Wildman–Crippen LogP) is 3.67. The van der Waals surface area contributed by atoms with Crippen molar-refractivity contribution >= 4 is 50.5 Å². The number of benzene rings is 1. The average Bonchev–Trinajstić information content (AvgIpc) is 2.88. The number of halogens is 1. The van der Waals surface area contributed by atoms with Crippen molar-refractivity contribution in [1.29, 1.82) is 5.26 Å². The lowest BCUT2D eigenvalue weighted by atomic mass is 10.3. The van der Waals surface area contributed by atoms with Crippen LogP contribution in [0.1, 0.15) is 12.0 Å². The number of nitriles is 1. The Morgan fingerprint density at radius 2 is 2.05 bits per heavy atom. The van der Waals surface area contributed by atoms with Crippen molar-refractivity contribution in [2.24, 2.45) is 0 Å². The van der Waals surface area contributed by atoms with Gasteiger partial charge in [-0.05, 0) is 58.3 Å². The zero-order valence-electron chi connectivity index (χ0n) is 10.5. The number of hydrogen-bond acceptors (Lipinski definition) is 4. The Morgan fingerprint density at radius 3 is 2.75 bits per heavy atom. The molecule has 0 radical (unpaired) electrons. The second-order valence-electron chi connectivity index (χ2n) is 4.01. The SMILES string of the molecule is N#Cc1ccsc1NC(=O)CCNc1ccc(I)cc1. The minimum Gasteiger partial charge on any atom is -0.385 e. The fraction of sp³-hybridized carbons (Fsp3) is 0.143. The molecule has 2 aromatic rings. The molecule has 0 unspecified atom stereocenters. The molecule has 0 aliphatic carbocycles. The molecule has 0 saturated carbocycles. The molecule has 0 saturated heterocycles. The molecule has 0 aliphatic heterocycles. The fourth-order valence-electron chi connectivity index (χ4n) is 1.57. The Morgan fingerprint density at radius 1 is 1.30 bits per heavy atom. The summed E-state index contributed by atoms with van der Waals surface area (Å²) >= 11 is 3.60. The van der Waals surface area contributed by atoms with Gasteiger partial charge >= 0.3 is 0 Å². The van der Waals surface area contributed by atoms with E-state index < -0.39 is 0 Å². The maximum atomic E-state index is 11.8. The van der Waals surface area contributed by atoms with E-state index in [1.54, 1.807) is 11.4 Å². The lowest BCUT2D eigenvalue weighted by Crippen LogP contribution is -2.16. The fourth-order valence-corrected chi connectivity index (χ4v) is 2.68. The first-order valence-electron chi connectivity index (χ1n) is 5.96. The lowest BCUT2D eigenvalue weighted by Gasteiger charge is -2.06. The number of amides is 1. The van der Waals surface area contributed by atoms with Gasteiger partial charge in [-0.3, -0.25) is 4.79 Å². The van der Waals surface area contributed by atoms with E-state index in [0.29, 0.717) is 23.5 Å². The van der Waals surface area contributed by atoms with Gasteiger partial charge in [-0.25, -0.2) is 0 Å². The standard InChI is InChI=1S/C14H12IN3OS/c15-11-1-3-12(4-2-11)17-7-5-13(19)18-14-10(9-16)6-8-20-14/h1-4,6,8,17H,5,7H2,(H,18,19). The lowest BCUT2D eigenvalue weighted by molar-refractivity contribution is -0.115. The Labute approximate surface area is 135 Å². The van der Waals surface area contributed by atoms with Crippen LogP contribution < -0.4 is 10.6 Å². The average molecular weight is 397 g/mol. The molecule has 102 valence electrons. The van der Waals surface area contributed by atoms with Crippen molar-refractivity contribution in [3.05, 3.63) is 44.8 Å². The van der Waals surface area contributed by atoms with Gasteiger partial charge in [0, 0.05) is 22.2 Å². The Balaban J connectivity index is 1.78. The van der Waals surface area contributed by atoms with E-state index in [9.17, 15) is 4.79 Å². The summed E-state index contributed by atoms with van der Waals surface area (Å²) in [6.45, 7) is 0.555. The summed E-state index contributed by atoms with van der Waals surface area (Å²) in [5.41, 5.74) is 1.50. The van der Waals surface area contributed by atoms with Gasteiger partial charge in [0.1, 0.15) is 11.1 Å². The molecule has 1 aromatic carbocycles. The Hall–Kier alpha value is -1.59. The second kappa shape index (κ2) is 7.26. The first-order chi connectivity index (χ1) is 9.69. The number of thiophene rings is 1. The van der Waals surface area contributed by atoms with Crippen LogP contribution in [-0.4, -0.2) is 12.5 Å². The Kier molecular flexibility index (Phi) is 5.38. The van der Waals surface area contributed by atoms with E-state index in [0.717, 1.165) is 5.69 Å². The van der Waals surface area contributed by atoms with Gasteiger partial charge in [-0.2, -0.15) is 5.26 Å². The molecule has 6 heteroatoms. The predicted molar refractivity (Wildman–Crippen MR) is 89.9 cm³/mol. The van der Waals surface area contributed by atoms with Crippen molar-refractivity contribution in [2.75, 3.05) is 17.2 Å². The number of carbonyl (C=O) groups is 1. The van der Waals surface area contributed by atoms with Gasteiger partial charge in [0.15, 0.2) is 0 Å². The van der Waals surface area contributed by atoms with E-state index in [1.807, 2.05) is 30.3 Å². The first-order valence-corrected chi connectivity index (χ1v) is 7.92. The smallest absolute Gasteiger partial charge is 0.226 e. The molecule has 0 fully saturated rings. The summed E-state index contributed by atoms with van der Waals surface area (Å²) in [5, 5.41) is 17.2. The van der Waals surface area contributed by atoms with E-state index in [-0.39, 0.29) is 5.91 Å². The largest absolute Gasteiger partial charge is 0.385 e. The van der Waals surface area contributed by atoms with Crippen LogP contribution in [0.5, 0.6) is 0 Å². The zero-order valence-corrected chi connectivity index (χ0v) is 13.5. The third-order valence-electron chi connectivity index (χ3n) is 2.56.